The van der Waals surface area contributed by atoms with Crippen LogP contribution in [-0.4, -0.2) is 42.3 Å². The van der Waals surface area contributed by atoms with Crippen molar-refractivity contribution in [3.05, 3.63) is 29.1 Å². The van der Waals surface area contributed by atoms with Crippen molar-refractivity contribution in [2.45, 2.75) is 71.9 Å². The van der Waals surface area contributed by atoms with Crippen LogP contribution in [0.4, 0.5) is 0 Å². The summed E-state index contributed by atoms with van der Waals surface area (Å²) in [5.74, 6) is 1.54. The van der Waals surface area contributed by atoms with Gasteiger partial charge in [0.2, 0.25) is 0 Å². The Morgan fingerprint density at radius 1 is 1.32 bits per heavy atom. The molecule has 1 N–H and O–H groups in total. The highest BCUT2D eigenvalue weighted by Gasteiger charge is 2.33. The summed E-state index contributed by atoms with van der Waals surface area (Å²) in [5, 5.41) is 11.7. The second kappa shape index (κ2) is 7.37. The topological polar surface area (TPSA) is 79.7 Å². The summed E-state index contributed by atoms with van der Waals surface area (Å²) in [6.07, 6.45) is 6.76. The minimum absolute atomic E-state index is 0.0434. The number of carbonyl (C=O) groups is 1. The number of hydrogen-bond acceptors (Lipinski definition) is 4. The van der Waals surface area contributed by atoms with E-state index < -0.39 is 0 Å². The lowest BCUT2D eigenvalue weighted by atomic mass is 10.00. The summed E-state index contributed by atoms with van der Waals surface area (Å²) < 4.78 is 2.00. The maximum absolute atomic E-state index is 13.2. The fraction of sp³-hybridized carbons (Fsp3) is 0.667. The highest BCUT2D eigenvalue weighted by Crippen LogP contribution is 2.31. The first-order chi connectivity index (χ1) is 12.1. The lowest BCUT2D eigenvalue weighted by Crippen LogP contribution is -2.39. The van der Waals surface area contributed by atoms with E-state index in [1.165, 1.54) is 0 Å². The number of H-pyrrole nitrogens is 1. The van der Waals surface area contributed by atoms with Crippen molar-refractivity contribution in [2.24, 2.45) is 0 Å². The van der Waals surface area contributed by atoms with Crippen molar-refractivity contribution in [2.75, 3.05) is 6.54 Å². The van der Waals surface area contributed by atoms with Crippen molar-refractivity contribution in [1.82, 2.24) is 29.9 Å². The number of nitrogens with zero attached hydrogens (tertiary/aromatic N) is 5. The van der Waals surface area contributed by atoms with E-state index in [1.54, 1.807) is 6.20 Å². The normalized spacial score (nSPS) is 18.1. The molecule has 3 heterocycles. The molecular formula is C18H28N6O. The Balaban J connectivity index is 1.88. The number of rotatable bonds is 5. The third-order valence-corrected chi connectivity index (χ3v) is 5.24. The van der Waals surface area contributed by atoms with E-state index in [4.69, 9.17) is 0 Å². The number of likely N-dealkylation sites (tertiary alicyclic amines) is 1. The third kappa shape index (κ3) is 3.32. The summed E-state index contributed by atoms with van der Waals surface area (Å²) >= 11 is 0. The molecule has 0 aromatic carbocycles. The van der Waals surface area contributed by atoms with E-state index in [0.717, 1.165) is 56.0 Å². The fourth-order valence-corrected chi connectivity index (χ4v) is 3.74. The Labute approximate surface area is 148 Å². The number of hydrogen-bond donors (Lipinski definition) is 1. The minimum Gasteiger partial charge on any atom is -0.328 e. The number of aromatic nitrogens is 5. The number of piperidine rings is 1. The summed E-state index contributed by atoms with van der Waals surface area (Å²) in [4.78, 5) is 19.6. The molecule has 1 atom stereocenters. The molecule has 1 amide bonds. The molecule has 1 unspecified atom stereocenters. The summed E-state index contributed by atoms with van der Waals surface area (Å²) in [6, 6.07) is 0.288. The van der Waals surface area contributed by atoms with Gasteiger partial charge in [0.25, 0.3) is 5.91 Å². The summed E-state index contributed by atoms with van der Waals surface area (Å²) in [6.45, 7) is 8.93. The van der Waals surface area contributed by atoms with E-state index >= 15 is 0 Å². The van der Waals surface area contributed by atoms with Gasteiger partial charge in [-0.15, -0.1) is 0 Å². The van der Waals surface area contributed by atoms with E-state index in [2.05, 4.69) is 34.1 Å². The predicted octanol–water partition coefficient (Wildman–Crippen LogP) is 3.35. The largest absolute Gasteiger partial charge is 0.328 e. The van der Waals surface area contributed by atoms with Crippen LogP contribution in [0.5, 0.6) is 0 Å². The lowest BCUT2D eigenvalue weighted by molar-refractivity contribution is 0.0599. The van der Waals surface area contributed by atoms with Crippen LogP contribution < -0.4 is 0 Å². The van der Waals surface area contributed by atoms with Crippen LogP contribution >= 0.6 is 0 Å². The van der Waals surface area contributed by atoms with Crippen LogP contribution in [0.3, 0.4) is 0 Å². The molecule has 3 rings (SSSR count). The minimum atomic E-state index is -0.0536. The lowest BCUT2D eigenvalue weighted by Gasteiger charge is -2.34. The molecule has 1 aliphatic heterocycles. The van der Waals surface area contributed by atoms with Crippen molar-refractivity contribution in [1.29, 1.82) is 0 Å². The molecule has 1 aliphatic rings. The summed E-state index contributed by atoms with van der Waals surface area (Å²) in [5.41, 5.74) is 1.65. The molecule has 2 aromatic rings. The second-order valence-electron chi connectivity index (χ2n) is 6.85. The Kier molecular flexibility index (Phi) is 5.20. The molecule has 7 nitrogen and oxygen atoms in total. The molecule has 0 bridgehead atoms. The van der Waals surface area contributed by atoms with Crippen LogP contribution in [0.1, 0.15) is 85.7 Å². The molecule has 2 aromatic heterocycles. The van der Waals surface area contributed by atoms with Gasteiger partial charge in [-0.2, -0.15) is 10.2 Å². The molecule has 0 saturated carbocycles. The molecule has 0 radical (unpaired) electrons. The first-order valence-corrected chi connectivity index (χ1v) is 9.30. The molecule has 1 saturated heterocycles. The molecule has 136 valence electrons. The number of nitrogens with one attached hydrogen (secondary N) is 1. The van der Waals surface area contributed by atoms with Crippen molar-refractivity contribution >= 4 is 5.91 Å². The zero-order valence-corrected chi connectivity index (χ0v) is 15.6. The molecular weight excluding hydrogens is 316 g/mol. The van der Waals surface area contributed by atoms with Gasteiger partial charge in [-0.3, -0.25) is 14.6 Å². The van der Waals surface area contributed by atoms with Gasteiger partial charge in [0.15, 0.2) is 5.82 Å². The number of amides is 1. The maximum atomic E-state index is 13.2. The smallest absolute Gasteiger partial charge is 0.257 e. The quantitative estimate of drug-likeness (QED) is 0.902. The van der Waals surface area contributed by atoms with Gasteiger partial charge < -0.3 is 4.90 Å². The zero-order valence-electron chi connectivity index (χ0n) is 15.6. The molecule has 0 aliphatic carbocycles. The number of carbonyl (C=O) groups excluding carboxylic acids is 1. The SMILES string of the molecule is CCC(CC)n1ncc(C(=O)N2CCCCC2c2n[nH]c(C)n2)c1C. The van der Waals surface area contributed by atoms with E-state index in [0.29, 0.717) is 11.6 Å². The van der Waals surface area contributed by atoms with Gasteiger partial charge >= 0.3 is 0 Å². The highest BCUT2D eigenvalue weighted by atomic mass is 16.2. The van der Waals surface area contributed by atoms with E-state index in [9.17, 15) is 4.79 Å². The Hall–Kier alpha value is -2.18. The van der Waals surface area contributed by atoms with E-state index in [-0.39, 0.29) is 11.9 Å². The van der Waals surface area contributed by atoms with Crippen molar-refractivity contribution in [3.63, 3.8) is 0 Å². The zero-order chi connectivity index (χ0) is 18.0. The molecule has 0 spiro atoms. The standard InChI is InChI=1S/C18H28N6O/c1-5-14(6-2)24-12(3)15(11-19-24)18(25)23-10-8-7-9-16(23)17-20-13(4)21-22-17/h11,14,16H,5-10H2,1-4H3,(H,20,21,22). The summed E-state index contributed by atoms with van der Waals surface area (Å²) in [7, 11) is 0. The second-order valence-corrected chi connectivity index (χ2v) is 6.85. The van der Waals surface area contributed by atoms with E-state index in [1.807, 2.05) is 23.4 Å². The van der Waals surface area contributed by atoms with Crippen LogP contribution in [0.25, 0.3) is 0 Å². The fourth-order valence-electron chi connectivity index (χ4n) is 3.74. The van der Waals surface area contributed by atoms with Crippen molar-refractivity contribution in [3.8, 4) is 0 Å². The van der Waals surface area contributed by atoms with Gasteiger partial charge in [0.1, 0.15) is 5.82 Å². The van der Waals surface area contributed by atoms with Gasteiger partial charge in [0, 0.05) is 12.2 Å². The van der Waals surface area contributed by atoms with Gasteiger partial charge in [0.05, 0.1) is 23.8 Å². The van der Waals surface area contributed by atoms with Crippen LogP contribution in [0, 0.1) is 13.8 Å². The molecule has 1 fully saturated rings. The van der Waals surface area contributed by atoms with Crippen LogP contribution in [0.2, 0.25) is 0 Å². The molecule has 25 heavy (non-hydrogen) atoms. The van der Waals surface area contributed by atoms with Crippen LogP contribution in [-0.2, 0) is 0 Å². The molecule has 7 heteroatoms. The Morgan fingerprint density at radius 3 is 2.72 bits per heavy atom. The van der Waals surface area contributed by atoms with Gasteiger partial charge in [-0.25, -0.2) is 4.98 Å². The Morgan fingerprint density at radius 2 is 2.08 bits per heavy atom. The maximum Gasteiger partial charge on any atom is 0.257 e. The van der Waals surface area contributed by atoms with Gasteiger partial charge in [-0.05, 0) is 46.0 Å². The first kappa shape index (κ1) is 17.6. The van der Waals surface area contributed by atoms with Crippen LogP contribution in [0.15, 0.2) is 6.20 Å². The predicted molar refractivity (Wildman–Crippen MR) is 95.3 cm³/mol. The average Bonchev–Trinajstić information content (AvgIpc) is 3.22. The number of aryl methyl sites for hydroxylation is 1. The number of aromatic amines is 1. The highest BCUT2D eigenvalue weighted by molar-refractivity contribution is 5.95. The average molecular weight is 344 g/mol. The van der Waals surface area contributed by atoms with Gasteiger partial charge in [-0.1, -0.05) is 13.8 Å². The van der Waals surface area contributed by atoms with Crippen molar-refractivity contribution < 1.29 is 4.79 Å². The third-order valence-electron chi connectivity index (χ3n) is 5.24. The monoisotopic (exact) mass is 344 g/mol. The first-order valence-electron chi connectivity index (χ1n) is 9.30. The Bertz CT molecular complexity index is 730.